The van der Waals surface area contributed by atoms with Gasteiger partial charge in [0.15, 0.2) is 0 Å². The second kappa shape index (κ2) is 11.0. The molecule has 0 bridgehead atoms. The van der Waals surface area contributed by atoms with Crippen LogP contribution >= 0.6 is 0 Å². The molecule has 35 heavy (non-hydrogen) atoms. The van der Waals surface area contributed by atoms with Gasteiger partial charge in [0, 0.05) is 45.2 Å². The summed E-state index contributed by atoms with van der Waals surface area (Å²) >= 11 is 0. The van der Waals surface area contributed by atoms with Gasteiger partial charge >= 0.3 is 0 Å². The van der Waals surface area contributed by atoms with E-state index in [0.717, 1.165) is 61.4 Å². The molecule has 2 fully saturated rings. The standard InChI is InChI=1S/C28H36N4O3/c1-19-8-7-9-20(2)27(19)28(35)32-17-23-15-31(16-24(23)18-32)13-12-25(22-10-5-4-6-11-22)30-26(34)14-29-21(3)33/h4-11,23-25H,12-18H2,1-3H3,(H,29,33)(H,30,34)/t23?,24?,25-/m0/s1. The van der Waals surface area contributed by atoms with Gasteiger partial charge in [-0.15, -0.1) is 0 Å². The summed E-state index contributed by atoms with van der Waals surface area (Å²) in [5.41, 5.74) is 4.00. The van der Waals surface area contributed by atoms with Gasteiger partial charge in [0.1, 0.15) is 0 Å². The van der Waals surface area contributed by atoms with Crippen LogP contribution in [0, 0.1) is 25.7 Å². The van der Waals surface area contributed by atoms with Gasteiger partial charge in [-0.1, -0.05) is 48.5 Å². The van der Waals surface area contributed by atoms with Crippen LogP contribution in [0.4, 0.5) is 0 Å². The van der Waals surface area contributed by atoms with Gasteiger partial charge in [0.05, 0.1) is 12.6 Å². The predicted octanol–water partition coefficient (Wildman–Crippen LogP) is 2.69. The van der Waals surface area contributed by atoms with E-state index >= 15 is 0 Å². The number of hydrogen-bond donors (Lipinski definition) is 2. The summed E-state index contributed by atoms with van der Waals surface area (Å²) in [6.45, 7) is 9.85. The highest BCUT2D eigenvalue weighted by molar-refractivity contribution is 5.97. The molecular formula is C28H36N4O3. The third-order valence-corrected chi connectivity index (χ3v) is 7.31. The molecule has 2 aliphatic rings. The first-order valence-electron chi connectivity index (χ1n) is 12.5. The van der Waals surface area contributed by atoms with Crippen molar-refractivity contribution in [2.24, 2.45) is 11.8 Å². The monoisotopic (exact) mass is 476 g/mol. The van der Waals surface area contributed by atoms with Crippen LogP contribution in [0.15, 0.2) is 48.5 Å². The maximum atomic E-state index is 13.2. The summed E-state index contributed by atoms with van der Waals surface area (Å²) in [6.07, 6.45) is 0.792. The lowest BCUT2D eigenvalue weighted by atomic mass is 10.0. The van der Waals surface area contributed by atoms with E-state index in [1.807, 2.05) is 67.3 Å². The number of fused-ring (bicyclic) bond motifs is 1. The number of aryl methyl sites for hydroxylation is 2. The van der Waals surface area contributed by atoms with Gasteiger partial charge in [-0.2, -0.15) is 0 Å². The first kappa shape index (κ1) is 24.9. The van der Waals surface area contributed by atoms with Crippen LogP contribution in [0.1, 0.15) is 46.4 Å². The molecule has 0 aliphatic carbocycles. The molecule has 0 saturated carbocycles. The molecule has 7 heteroatoms. The van der Waals surface area contributed by atoms with E-state index in [2.05, 4.69) is 15.5 Å². The molecule has 0 radical (unpaired) electrons. The molecule has 0 spiro atoms. The maximum Gasteiger partial charge on any atom is 0.254 e. The normalized spacial score (nSPS) is 20.4. The predicted molar refractivity (Wildman–Crippen MR) is 136 cm³/mol. The molecular weight excluding hydrogens is 440 g/mol. The quantitative estimate of drug-likeness (QED) is 0.614. The number of rotatable bonds is 8. The van der Waals surface area contributed by atoms with Gasteiger partial charge in [-0.3, -0.25) is 14.4 Å². The highest BCUT2D eigenvalue weighted by atomic mass is 16.2. The average molecular weight is 477 g/mol. The highest BCUT2D eigenvalue weighted by Gasteiger charge is 2.42. The zero-order valence-electron chi connectivity index (χ0n) is 20.9. The lowest BCUT2D eigenvalue weighted by molar-refractivity contribution is -0.125. The van der Waals surface area contributed by atoms with Crippen molar-refractivity contribution < 1.29 is 14.4 Å². The van der Waals surface area contributed by atoms with Crippen LogP contribution in [-0.2, 0) is 9.59 Å². The minimum Gasteiger partial charge on any atom is -0.348 e. The van der Waals surface area contributed by atoms with Crippen molar-refractivity contribution in [3.05, 3.63) is 70.8 Å². The summed E-state index contributed by atoms with van der Waals surface area (Å²) in [7, 11) is 0. The van der Waals surface area contributed by atoms with Crippen LogP contribution in [-0.4, -0.2) is 66.8 Å². The number of hydrogen-bond acceptors (Lipinski definition) is 4. The Morgan fingerprint density at radius 1 is 0.914 bits per heavy atom. The van der Waals surface area contributed by atoms with Crippen molar-refractivity contribution in [2.45, 2.75) is 33.2 Å². The van der Waals surface area contributed by atoms with Gasteiger partial charge in [-0.05, 0) is 48.8 Å². The van der Waals surface area contributed by atoms with Gasteiger partial charge < -0.3 is 20.4 Å². The van der Waals surface area contributed by atoms with Crippen molar-refractivity contribution in [3.63, 3.8) is 0 Å². The number of benzene rings is 2. The molecule has 3 atom stereocenters. The van der Waals surface area contributed by atoms with Gasteiger partial charge in [-0.25, -0.2) is 0 Å². The third kappa shape index (κ3) is 6.09. The van der Waals surface area contributed by atoms with Crippen LogP contribution in [0.25, 0.3) is 0 Å². The SMILES string of the molecule is CC(=O)NCC(=O)N[C@@H](CCN1CC2CN(C(=O)c3c(C)cccc3C)CC2C1)c1ccccc1. The lowest BCUT2D eigenvalue weighted by Crippen LogP contribution is -2.39. The molecule has 2 aromatic rings. The Balaban J connectivity index is 1.32. The summed E-state index contributed by atoms with van der Waals surface area (Å²) < 4.78 is 0. The molecule has 2 aliphatic heterocycles. The molecule has 2 N–H and O–H groups in total. The fourth-order valence-corrected chi connectivity index (χ4v) is 5.52. The molecule has 186 valence electrons. The number of carbonyl (C=O) groups excluding carboxylic acids is 3. The second-order valence-electron chi connectivity index (χ2n) is 9.99. The highest BCUT2D eigenvalue weighted by Crippen LogP contribution is 2.33. The molecule has 2 unspecified atom stereocenters. The summed E-state index contributed by atoms with van der Waals surface area (Å²) in [5, 5.41) is 5.64. The van der Waals surface area contributed by atoms with E-state index in [-0.39, 0.29) is 30.3 Å². The number of amides is 3. The molecule has 7 nitrogen and oxygen atoms in total. The number of nitrogens with one attached hydrogen (secondary N) is 2. The van der Waals surface area contributed by atoms with Crippen LogP contribution in [0.3, 0.4) is 0 Å². The van der Waals surface area contributed by atoms with Crippen LogP contribution in [0.5, 0.6) is 0 Å². The Bertz CT molecular complexity index is 1040. The zero-order valence-corrected chi connectivity index (χ0v) is 20.9. The lowest BCUT2D eigenvalue weighted by Gasteiger charge is -2.25. The number of nitrogens with zero attached hydrogens (tertiary/aromatic N) is 2. The van der Waals surface area contributed by atoms with E-state index in [1.54, 1.807) is 0 Å². The Morgan fingerprint density at radius 2 is 1.54 bits per heavy atom. The average Bonchev–Trinajstić information content (AvgIpc) is 3.40. The minimum absolute atomic E-state index is 0.0171. The van der Waals surface area contributed by atoms with E-state index < -0.39 is 0 Å². The van der Waals surface area contributed by atoms with E-state index in [0.29, 0.717) is 11.8 Å². The summed E-state index contributed by atoms with van der Waals surface area (Å²) in [5.74, 6) is 0.742. The largest absolute Gasteiger partial charge is 0.348 e. The van der Waals surface area contributed by atoms with Crippen molar-refractivity contribution >= 4 is 17.7 Å². The van der Waals surface area contributed by atoms with Gasteiger partial charge in [0.2, 0.25) is 11.8 Å². The number of likely N-dealkylation sites (tertiary alicyclic amines) is 2. The summed E-state index contributed by atoms with van der Waals surface area (Å²) in [4.78, 5) is 41.3. The Kier molecular flexibility index (Phi) is 7.86. The number of carbonyl (C=O) groups is 3. The van der Waals surface area contributed by atoms with Crippen molar-refractivity contribution in [2.75, 3.05) is 39.3 Å². The fourth-order valence-electron chi connectivity index (χ4n) is 5.52. The smallest absolute Gasteiger partial charge is 0.254 e. The Labute approximate surface area is 207 Å². The van der Waals surface area contributed by atoms with E-state index in [4.69, 9.17) is 0 Å². The maximum absolute atomic E-state index is 13.2. The summed E-state index contributed by atoms with van der Waals surface area (Å²) in [6, 6.07) is 15.9. The second-order valence-corrected chi connectivity index (χ2v) is 9.99. The van der Waals surface area contributed by atoms with Crippen molar-refractivity contribution in [1.82, 2.24) is 20.4 Å². The van der Waals surface area contributed by atoms with Gasteiger partial charge in [0.25, 0.3) is 5.91 Å². The molecule has 2 aromatic carbocycles. The Hall–Kier alpha value is -3.19. The molecule has 2 heterocycles. The van der Waals surface area contributed by atoms with Crippen LogP contribution in [0.2, 0.25) is 0 Å². The van der Waals surface area contributed by atoms with Crippen molar-refractivity contribution in [3.8, 4) is 0 Å². The minimum atomic E-state index is -0.217. The third-order valence-electron chi connectivity index (χ3n) is 7.31. The first-order valence-corrected chi connectivity index (χ1v) is 12.5. The zero-order chi connectivity index (χ0) is 24.9. The molecule has 2 saturated heterocycles. The van der Waals surface area contributed by atoms with E-state index in [9.17, 15) is 14.4 Å². The first-order chi connectivity index (χ1) is 16.8. The molecule has 0 aromatic heterocycles. The van der Waals surface area contributed by atoms with Crippen LogP contribution < -0.4 is 10.6 Å². The molecule has 3 amide bonds. The molecule has 4 rings (SSSR count). The fraction of sp³-hybridized carbons (Fsp3) is 0.464. The Morgan fingerprint density at radius 3 is 2.14 bits per heavy atom. The topological polar surface area (TPSA) is 81.8 Å². The van der Waals surface area contributed by atoms with E-state index in [1.165, 1.54) is 6.92 Å². The van der Waals surface area contributed by atoms with Crippen molar-refractivity contribution in [1.29, 1.82) is 0 Å².